The Labute approximate surface area is 140 Å². The van der Waals surface area contributed by atoms with Gasteiger partial charge < -0.3 is 9.42 Å². The van der Waals surface area contributed by atoms with E-state index in [0.717, 1.165) is 49.1 Å². The monoisotopic (exact) mass is 324 g/mol. The lowest BCUT2D eigenvalue weighted by Gasteiger charge is -2.31. The van der Waals surface area contributed by atoms with Crippen molar-refractivity contribution in [1.29, 1.82) is 0 Å². The van der Waals surface area contributed by atoms with Crippen LogP contribution in [0.2, 0.25) is 0 Å². The van der Waals surface area contributed by atoms with Crippen molar-refractivity contribution < 1.29 is 9.32 Å². The number of hydrogen-bond donors (Lipinski definition) is 0. The van der Waals surface area contributed by atoms with Crippen molar-refractivity contribution in [3.8, 4) is 0 Å². The van der Waals surface area contributed by atoms with Crippen molar-refractivity contribution >= 4 is 16.9 Å². The van der Waals surface area contributed by atoms with Crippen LogP contribution >= 0.6 is 0 Å². The number of piperidine rings is 1. The molecule has 6 nitrogen and oxygen atoms in total. The minimum atomic E-state index is 0.131. The third-order valence-corrected chi connectivity index (χ3v) is 4.74. The average molecular weight is 324 g/mol. The van der Waals surface area contributed by atoms with Gasteiger partial charge in [0.1, 0.15) is 5.69 Å². The minimum Gasteiger partial charge on any atom is -0.356 e. The molecule has 1 aliphatic heterocycles. The second-order valence-corrected chi connectivity index (χ2v) is 6.35. The predicted molar refractivity (Wildman–Crippen MR) is 89.2 cm³/mol. The van der Waals surface area contributed by atoms with Gasteiger partial charge in [-0.15, -0.1) is 0 Å². The maximum atomic E-state index is 12.6. The number of fused-ring (bicyclic) bond motifs is 1. The number of hydrogen-bond acceptors (Lipinski definition) is 4. The Morgan fingerprint density at radius 3 is 2.83 bits per heavy atom. The largest absolute Gasteiger partial charge is 0.356 e. The number of carbonyl (C=O) groups is 1. The van der Waals surface area contributed by atoms with Gasteiger partial charge in [-0.25, -0.2) is 0 Å². The highest BCUT2D eigenvalue weighted by atomic mass is 16.5. The number of likely N-dealkylation sites (tertiary alicyclic amines) is 1. The quantitative estimate of drug-likeness (QED) is 0.740. The van der Waals surface area contributed by atoms with Crippen LogP contribution in [0, 0.1) is 5.92 Å². The summed E-state index contributed by atoms with van der Waals surface area (Å²) >= 11 is 0. The van der Waals surface area contributed by atoms with Crippen molar-refractivity contribution in [2.24, 2.45) is 5.92 Å². The number of amides is 1. The van der Waals surface area contributed by atoms with E-state index in [2.05, 4.69) is 10.3 Å². The molecular formula is C18H20N4O2. The van der Waals surface area contributed by atoms with Gasteiger partial charge in [0, 0.05) is 37.4 Å². The van der Waals surface area contributed by atoms with Crippen molar-refractivity contribution in [2.75, 3.05) is 13.1 Å². The first-order valence-electron chi connectivity index (χ1n) is 8.38. The molecule has 0 aliphatic carbocycles. The highest BCUT2D eigenvalue weighted by Gasteiger charge is 2.24. The molecule has 1 aromatic carbocycles. The fourth-order valence-corrected chi connectivity index (χ4v) is 3.36. The summed E-state index contributed by atoms with van der Waals surface area (Å²) < 4.78 is 7.26. The first-order valence-corrected chi connectivity index (χ1v) is 8.38. The van der Waals surface area contributed by atoms with E-state index in [4.69, 9.17) is 4.52 Å². The zero-order valence-corrected chi connectivity index (χ0v) is 13.5. The van der Waals surface area contributed by atoms with E-state index in [9.17, 15) is 4.79 Å². The lowest BCUT2D eigenvalue weighted by molar-refractivity contribution is -0.132. The molecule has 0 atom stereocenters. The number of carbonyl (C=O) groups excluding carboxylic acids is 1. The molecule has 1 aliphatic rings. The third-order valence-electron chi connectivity index (χ3n) is 4.74. The van der Waals surface area contributed by atoms with Crippen LogP contribution in [0.25, 0.3) is 11.0 Å². The smallest absolute Gasteiger partial charge is 0.228 e. The van der Waals surface area contributed by atoms with Gasteiger partial charge in [0.15, 0.2) is 5.58 Å². The molecule has 3 heterocycles. The second-order valence-electron chi connectivity index (χ2n) is 6.35. The van der Waals surface area contributed by atoms with Gasteiger partial charge in [-0.3, -0.25) is 9.48 Å². The van der Waals surface area contributed by atoms with E-state index < -0.39 is 0 Å². The van der Waals surface area contributed by atoms with Gasteiger partial charge in [-0.05, 0) is 37.0 Å². The summed E-state index contributed by atoms with van der Waals surface area (Å²) in [6.45, 7) is 2.55. The number of nitrogens with zero attached hydrogens (tertiary/aromatic N) is 4. The number of para-hydroxylation sites is 1. The third kappa shape index (κ3) is 3.04. The zero-order chi connectivity index (χ0) is 16.4. The predicted octanol–water partition coefficient (Wildman–Crippen LogP) is 2.51. The minimum absolute atomic E-state index is 0.131. The standard InChI is InChI=1S/C18H20N4O2/c23-18(12-16-15-4-1-2-5-17(15)24-20-16)21-10-6-14(7-11-21)13-22-9-3-8-19-22/h1-5,8-9,14H,6-7,10-13H2. The highest BCUT2D eigenvalue weighted by Crippen LogP contribution is 2.22. The van der Waals surface area contributed by atoms with Gasteiger partial charge in [-0.2, -0.15) is 5.10 Å². The molecule has 1 fully saturated rings. The maximum Gasteiger partial charge on any atom is 0.228 e. The summed E-state index contributed by atoms with van der Waals surface area (Å²) in [6.07, 6.45) is 6.14. The highest BCUT2D eigenvalue weighted by molar-refractivity contribution is 5.86. The van der Waals surface area contributed by atoms with Crippen LogP contribution < -0.4 is 0 Å². The Kier molecular flexibility index (Phi) is 4.02. The van der Waals surface area contributed by atoms with Gasteiger partial charge in [0.05, 0.1) is 6.42 Å². The summed E-state index contributed by atoms with van der Waals surface area (Å²) in [5.74, 6) is 0.716. The average Bonchev–Trinajstić information content (AvgIpc) is 3.26. The SMILES string of the molecule is O=C(Cc1noc2ccccc12)N1CCC(Cn2cccn2)CC1. The van der Waals surface area contributed by atoms with E-state index >= 15 is 0 Å². The summed E-state index contributed by atoms with van der Waals surface area (Å²) in [5, 5.41) is 9.25. The lowest BCUT2D eigenvalue weighted by atomic mass is 9.96. The van der Waals surface area contributed by atoms with Gasteiger partial charge in [0.2, 0.25) is 5.91 Å². The van der Waals surface area contributed by atoms with Crippen molar-refractivity contribution in [3.63, 3.8) is 0 Å². The topological polar surface area (TPSA) is 64.2 Å². The van der Waals surface area contributed by atoms with Gasteiger partial charge in [0.25, 0.3) is 0 Å². The van der Waals surface area contributed by atoms with Crippen LogP contribution in [0.5, 0.6) is 0 Å². The molecule has 1 amide bonds. The first kappa shape index (κ1) is 14.9. The molecule has 24 heavy (non-hydrogen) atoms. The molecular weight excluding hydrogens is 304 g/mol. The molecule has 0 bridgehead atoms. The molecule has 0 N–H and O–H groups in total. The zero-order valence-electron chi connectivity index (χ0n) is 13.5. The van der Waals surface area contributed by atoms with Crippen LogP contribution in [0.1, 0.15) is 18.5 Å². The van der Waals surface area contributed by atoms with Crippen LogP contribution in [0.15, 0.2) is 47.2 Å². The molecule has 6 heteroatoms. The molecule has 4 rings (SSSR count). The molecule has 0 radical (unpaired) electrons. The van der Waals surface area contributed by atoms with E-state index in [-0.39, 0.29) is 5.91 Å². The number of aromatic nitrogens is 3. The number of benzene rings is 1. The van der Waals surface area contributed by atoms with Crippen molar-refractivity contribution in [2.45, 2.75) is 25.8 Å². The fourth-order valence-electron chi connectivity index (χ4n) is 3.36. The molecule has 0 unspecified atom stereocenters. The summed E-state index contributed by atoms with van der Waals surface area (Å²) in [7, 11) is 0. The molecule has 124 valence electrons. The van der Waals surface area contributed by atoms with E-state index in [1.54, 1.807) is 6.20 Å². The lowest BCUT2D eigenvalue weighted by Crippen LogP contribution is -2.40. The Hall–Kier alpha value is -2.63. The van der Waals surface area contributed by atoms with Crippen LogP contribution in [0.3, 0.4) is 0 Å². The molecule has 2 aromatic heterocycles. The Morgan fingerprint density at radius 2 is 2.04 bits per heavy atom. The van der Waals surface area contributed by atoms with Crippen LogP contribution in [0.4, 0.5) is 0 Å². The molecule has 3 aromatic rings. The molecule has 0 spiro atoms. The van der Waals surface area contributed by atoms with Gasteiger partial charge in [-0.1, -0.05) is 17.3 Å². The fraction of sp³-hybridized carbons (Fsp3) is 0.389. The molecule has 1 saturated heterocycles. The summed E-state index contributed by atoms with van der Waals surface area (Å²) in [5.41, 5.74) is 1.47. The van der Waals surface area contributed by atoms with E-state index in [1.807, 2.05) is 46.1 Å². The first-order chi connectivity index (χ1) is 11.8. The van der Waals surface area contributed by atoms with Crippen LogP contribution in [-0.4, -0.2) is 38.8 Å². The van der Waals surface area contributed by atoms with E-state index in [0.29, 0.717) is 12.3 Å². The summed E-state index contributed by atoms with van der Waals surface area (Å²) in [4.78, 5) is 14.5. The Morgan fingerprint density at radius 1 is 1.21 bits per heavy atom. The molecule has 0 saturated carbocycles. The summed E-state index contributed by atoms with van der Waals surface area (Å²) in [6, 6.07) is 9.61. The normalized spacial score (nSPS) is 15.9. The Balaban J connectivity index is 1.34. The van der Waals surface area contributed by atoms with Crippen molar-refractivity contribution in [1.82, 2.24) is 19.8 Å². The second kappa shape index (κ2) is 6.47. The Bertz CT molecular complexity index is 817. The van der Waals surface area contributed by atoms with Gasteiger partial charge >= 0.3 is 0 Å². The number of rotatable bonds is 4. The van der Waals surface area contributed by atoms with E-state index in [1.165, 1.54) is 0 Å². The van der Waals surface area contributed by atoms with Crippen LogP contribution in [-0.2, 0) is 17.8 Å². The van der Waals surface area contributed by atoms with Crippen molar-refractivity contribution in [3.05, 3.63) is 48.4 Å². The maximum absolute atomic E-state index is 12.6.